The number of hydrogen-bond donors (Lipinski definition) is 3. The van der Waals surface area contributed by atoms with E-state index in [0.29, 0.717) is 35.5 Å². The number of carbonyl (C=O) groups excluding carboxylic acids is 2. The van der Waals surface area contributed by atoms with Crippen LogP contribution in [0, 0.1) is 0 Å². The molecule has 0 unspecified atom stereocenters. The molecule has 11 heteroatoms. The van der Waals surface area contributed by atoms with Gasteiger partial charge in [-0.25, -0.2) is 14.8 Å². The van der Waals surface area contributed by atoms with Crippen molar-refractivity contribution in [1.29, 1.82) is 0 Å². The first-order valence-electron chi connectivity index (χ1n) is 11.4. The number of piperazine rings is 1. The smallest absolute Gasteiger partial charge is 0.320 e. The van der Waals surface area contributed by atoms with Gasteiger partial charge in [-0.05, 0) is 51.1 Å². The minimum absolute atomic E-state index is 0.0937. The SMILES string of the molecule is CC(=O)N1CCN(c2ccc(Nc3ncc4ccc(NC(=O)NC(C)(C)C)nc4n3)cc2Cl)CC1. The predicted molar refractivity (Wildman–Crippen MR) is 138 cm³/mol. The zero-order chi connectivity index (χ0) is 25.2. The van der Waals surface area contributed by atoms with Gasteiger partial charge in [0.2, 0.25) is 11.9 Å². The van der Waals surface area contributed by atoms with Gasteiger partial charge in [0.05, 0.1) is 10.7 Å². The Labute approximate surface area is 209 Å². The van der Waals surface area contributed by atoms with Crippen molar-refractivity contribution in [2.24, 2.45) is 0 Å². The van der Waals surface area contributed by atoms with Crippen LogP contribution >= 0.6 is 11.6 Å². The quantitative estimate of drug-likeness (QED) is 0.499. The van der Waals surface area contributed by atoms with Crippen molar-refractivity contribution >= 4 is 57.7 Å². The molecular weight excluding hydrogens is 468 g/mol. The number of hydrogen-bond acceptors (Lipinski definition) is 7. The first-order valence-corrected chi connectivity index (χ1v) is 11.8. The van der Waals surface area contributed by atoms with Crippen molar-refractivity contribution in [1.82, 2.24) is 25.2 Å². The molecule has 0 saturated carbocycles. The first-order chi connectivity index (χ1) is 16.6. The average molecular weight is 497 g/mol. The number of halogens is 1. The molecular formula is C24H29ClN8O2. The van der Waals surface area contributed by atoms with E-state index in [1.165, 1.54) is 0 Å². The summed E-state index contributed by atoms with van der Waals surface area (Å²) in [5.41, 5.74) is 1.74. The summed E-state index contributed by atoms with van der Waals surface area (Å²) in [4.78, 5) is 41.0. The third-order valence-electron chi connectivity index (χ3n) is 5.44. The number of aromatic nitrogens is 3. The Morgan fingerprint density at radius 2 is 1.77 bits per heavy atom. The van der Waals surface area contributed by atoms with E-state index in [4.69, 9.17) is 11.6 Å². The number of nitrogens with zero attached hydrogens (tertiary/aromatic N) is 5. The molecule has 3 aromatic rings. The molecule has 0 aliphatic carbocycles. The number of pyridine rings is 1. The second-order valence-corrected chi connectivity index (χ2v) is 9.82. The second kappa shape index (κ2) is 9.91. The highest BCUT2D eigenvalue weighted by atomic mass is 35.5. The van der Waals surface area contributed by atoms with Crippen LogP contribution < -0.4 is 20.9 Å². The molecule has 0 spiro atoms. The summed E-state index contributed by atoms with van der Waals surface area (Å²) in [6, 6.07) is 8.85. The van der Waals surface area contributed by atoms with Gasteiger partial charge in [0.25, 0.3) is 0 Å². The topological polar surface area (TPSA) is 115 Å². The maximum Gasteiger partial charge on any atom is 0.320 e. The summed E-state index contributed by atoms with van der Waals surface area (Å²) in [6.07, 6.45) is 1.67. The summed E-state index contributed by atoms with van der Waals surface area (Å²) in [5, 5.41) is 10.1. The highest BCUT2D eigenvalue weighted by Crippen LogP contribution is 2.30. The van der Waals surface area contributed by atoms with Crippen molar-refractivity contribution in [3.05, 3.63) is 41.6 Å². The molecule has 184 valence electrons. The number of carbonyl (C=O) groups is 2. The molecule has 3 heterocycles. The lowest BCUT2D eigenvalue weighted by Gasteiger charge is -2.36. The molecule has 1 fully saturated rings. The Kier molecular flexibility index (Phi) is 6.93. The normalized spacial score (nSPS) is 14.1. The van der Waals surface area contributed by atoms with Gasteiger partial charge < -0.3 is 20.4 Å². The summed E-state index contributed by atoms with van der Waals surface area (Å²) in [7, 11) is 0. The monoisotopic (exact) mass is 496 g/mol. The van der Waals surface area contributed by atoms with E-state index in [0.717, 1.165) is 29.9 Å². The zero-order valence-electron chi connectivity index (χ0n) is 20.2. The molecule has 1 aliphatic heterocycles. The van der Waals surface area contributed by atoms with Gasteiger partial charge in [-0.2, -0.15) is 4.98 Å². The maximum absolute atomic E-state index is 12.2. The van der Waals surface area contributed by atoms with E-state index in [9.17, 15) is 9.59 Å². The standard InChI is InChI=1S/C24H29ClN8O2/c1-15(34)32-9-11-33(12-10-32)19-7-6-17(13-18(19)25)27-22-26-14-16-5-8-20(28-21(16)30-22)29-23(35)31-24(2,3)4/h5-8,13-14H,9-12H2,1-4H3,(H3,26,27,28,29,30,31,35). The predicted octanol–water partition coefficient (Wildman–Crippen LogP) is 4.01. The third kappa shape index (κ3) is 6.27. The van der Waals surface area contributed by atoms with Crippen molar-refractivity contribution < 1.29 is 9.59 Å². The fraction of sp³-hybridized carbons (Fsp3) is 0.375. The highest BCUT2D eigenvalue weighted by molar-refractivity contribution is 6.33. The molecule has 3 N–H and O–H groups in total. The number of nitrogens with one attached hydrogen (secondary N) is 3. The Morgan fingerprint density at radius 3 is 2.43 bits per heavy atom. The summed E-state index contributed by atoms with van der Waals surface area (Å²) < 4.78 is 0. The number of urea groups is 1. The third-order valence-corrected chi connectivity index (χ3v) is 5.75. The Balaban J connectivity index is 1.45. The minimum Gasteiger partial charge on any atom is -0.367 e. The average Bonchev–Trinajstić information content (AvgIpc) is 2.78. The van der Waals surface area contributed by atoms with Crippen LogP contribution in [0.5, 0.6) is 0 Å². The van der Waals surface area contributed by atoms with Crippen molar-refractivity contribution in [3.8, 4) is 0 Å². The van der Waals surface area contributed by atoms with Crippen LogP contribution in [-0.4, -0.2) is 63.5 Å². The van der Waals surface area contributed by atoms with Crippen molar-refractivity contribution in [3.63, 3.8) is 0 Å². The zero-order valence-corrected chi connectivity index (χ0v) is 21.0. The van der Waals surface area contributed by atoms with E-state index in [-0.39, 0.29) is 17.5 Å². The van der Waals surface area contributed by atoms with Crippen molar-refractivity contribution in [2.75, 3.05) is 41.7 Å². The van der Waals surface area contributed by atoms with Crippen LogP contribution in [-0.2, 0) is 4.79 Å². The van der Waals surface area contributed by atoms with E-state index < -0.39 is 0 Å². The Hall–Kier alpha value is -3.66. The molecule has 0 atom stereocenters. The first kappa shape index (κ1) is 24.5. The van der Waals surface area contributed by atoms with Crippen LogP contribution in [0.3, 0.4) is 0 Å². The lowest BCUT2D eigenvalue weighted by molar-refractivity contribution is -0.129. The molecule has 4 rings (SSSR count). The van der Waals surface area contributed by atoms with Gasteiger partial charge in [-0.3, -0.25) is 10.1 Å². The van der Waals surface area contributed by atoms with E-state index >= 15 is 0 Å². The number of benzene rings is 1. The van der Waals surface area contributed by atoms with Crippen LogP contribution in [0.15, 0.2) is 36.5 Å². The summed E-state index contributed by atoms with van der Waals surface area (Å²) in [6.45, 7) is 10.1. The second-order valence-electron chi connectivity index (χ2n) is 9.42. The van der Waals surface area contributed by atoms with Crippen LogP contribution in [0.4, 0.5) is 27.9 Å². The molecule has 1 aliphatic rings. The minimum atomic E-state index is -0.361. The van der Waals surface area contributed by atoms with E-state index in [1.54, 1.807) is 25.3 Å². The lowest BCUT2D eigenvalue weighted by Crippen LogP contribution is -2.48. The largest absolute Gasteiger partial charge is 0.367 e. The molecule has 1 aromatic carbocycles. The van der Waals surface area contributed by atoms with Crippen LogP contribution in [0.1, 0.15) is 27.7 Å². The van der Waals surface area contributed by atoms with Gasteiger partial charge in [-0.1, -0.05) is 11.6 Å². The molecule has 3 amide bonds. The number of anilines is 4. The number of fused-ring (bicyclic) bond motifs is 1. The summed E-state index contributed by atoms with van der Waals surface area (Å²) in [5.74, 6) is 0.845. The molecule has 2 aromatic heterocycles. The number of amides is 3. The molecule has 0 radical (unpaired) electrons. The van der Waals surface area contributed by atoms with Crippen LogP contribution in [0.2, 0.25) is 5.02 Å². The van der Waals surface area contributed by atoms with Gasteiger partial charge >= 0.3 is 6.03 Å². The summed E-state index contributed by atoms with van der Waals surface area (Å²) >= 11 is 6.58. The van der Waals surface area contributed by atoms with Gasteiger partial charge in [0.1, 0.15) is 5.82 Å². The molecule has 0 bridgehead atoms. The number of rotatable bonds is 4. The maximum atomic E-state index is 12.2. The van der Waals surface area contributed by atoms with Gasteiger partial charge in [0.15, 0.2) is 5.65 Å². The molecule has 1 saturated heterocycles. The van der Waals surface area contributed by atoms with Crippen molar-refractivity contribution in [2.45, 2.75) is 33.2 Å². The van der Waals surface area contributed by atoms with E-state index in [2.05, 4.69) is 35.8 Å². The van der Waals surface area contributed by atoms with E-state index in [1.807, 2.05) is 43.9 Å². The van der Waals surface area contributed by atoms with Gasteiger partial charge in [-0.15, -0.1) is 0 Å². The van der Waals surface area contributed by atoms with Crippen LogP contribution in [0.25, 0.3) is 11.0 Å². The highest BCUT2D eigenvalue weighted by Gasteiger charge is 2.20. The lowest BCUT2D eigenvalue weighted by atomic mass is 10.1. The molecule has 10 nitrogen and oxygen atoms in total. The fourth-order valence-electron chi connectivity index (χ4n) is 3.76. The Bertz CT molecular complexity index is 1250. The fourth-order valence-corrected chi connectivity index (χ4v) is 4.06. The molecule has 35 heavy (non-hydrogen) atoms. The Morgan fingerprint density at radius 1 is 1.03 bits per heavy atom. The van der Waals surface area contributed by atoms with Gasteiger partial charge in [0, 0.05) is 55.9 Å².